The summed E-state index contributed by atoms with van der Waals surface area (Å²) in [7, 11) is 0. The smallest absolute Gasteiger partial charge is 0.303 e. The molecule has 0 bridgehead atoms. The highest BCUT2D eigenvalue weighted by molar-refractivity contribution is 6.30. The molecule has 0 radical (unpaired) electrons. The van der Waals surface area contributed by atoms with Gasteiger partial charge in [-0.15, -0.1) is 0 Å². The van der Waals surface area contributed by atoms with Gasteiger partial charge in [-0.1, -0.05) is 60.6 Å². The lowest BCUT2D eigenvalue weighted by Crippen LogP contribution is -2.07. The lowest BCUT2D eigenvalue weighted by Gasteiger charge is -2.17. The second-order valence-corrected chi connectivity index (χ2v) is 5.46. The number of hydrogen-bond donors (Lipinski definition) is 1. The van der Waals surface area contributed by atoms with Crippen molar-refractivity contribution in [2.24, 2.45) is 0 Å². The summed E-state index contributed by atoms with van der Waals surface area (Å²) in [6.07, 6.45) is 0.686. The minimum atomic E-state index is -0.809. The molecule has 0 aliphatic carbocycles. The molecule has 108 valence electrons. The van der Waals surface area contributed by atoms with Crippen molar-refractivity contribution in [1.82, 2.24) is 0 Å². The fourth-order valence-electron chi connectivity index (χ4n) is 2.34. The zero-order valence-electron chi connectivity index (χ0n) is 11.6. The second kappa shape index (κ2) is 7.09. The van der Waals surface area contributed by atoms with Gasteiger partial charge in [0.25, 0.3) is 0 Å². The molecule has 0 aromatic heterocycles. The van der Waals surface area contributed by atoms with E-state index in [0.717, 1.165) is 16.7 Å². The van der Waals surface area contributed by atoms with Gasteiger partial charge in [0.2, 0.25) is 0 Å². The minimum absolute atomic E-state index is 0.0769. The topological polar surface area (TPSA) is 37.3 Å². The molecule has 21 heavy (non-hydrogen) atoms. The largest absolute Gasteiger partial charge is 0.481 e. The first-order chi connectivity index (χ1) is 10.1. The average Bonchev–Trinajstić information content (AvgIpc) is 2.48. The Morgan fingerprint density at radius 2 is 1.67 bits per heavy atom. The SMILES string of the molecule is C=C(C[C@H](CC(=O)O)c1ccc(Cl)cc1)c1ccccc1. The molecule has 2 rings (SSSR count). The molecule has 0 fully saturated rings. The molecule has 0 saturated heterocycles. The Kier molecular flexibility index (Phi) is 5.18. The Morgan fingerprint density at radius 3 is 2.24 bits per heavy atom. The third-order valence-electron chi connectivity index (χ3n) is 3.44. The van der Waals surface area contributed by atoms with E-state index in [-0.39, 0.29) is 12.3 Å². The molecule has 0 spiro atoms. The molecule has 0 aliphatic heterocycles. The highest BCUT2D eigenvalue weighted by Gasteiger charge is 2.17. The van der Waals surface area contributed by atoms with E-state index in [0.29, 0.717) is 11.4 Å². The van der Waals surface area contributed by atoms with Gasteiger partial charge >= 0.3 is 5.97 Å². The van der Waals surface area contributed by atoms with Crippen molar-refractivity contribution in [2.75, 3.05) is 0 Å². The van der Waals surface area contributed by atoms with Crippen molar-refractivity contribution in [3.05, 3.63) is 77.3 Å². The van der Waals surface area contributed by atoms with Gasteiger partial charge in [0.1, 0.15) is 0 Å². The van der Waals surface area contributed by atoms with Crippen LogP contribution >= 0.6 is 11.6 Å². The molecule has 1 N–H and O–H groups in total. The highest BCUT2D eigenvalue weighted by Crippen LogP contribution is 2.31. The number of allylic oxidation sites excluding steroid dienone is 1. The summed E-state index contributed by atoms with van der Waals surface area (Å²) < 4.78 is 0. The number of aliphatic carboxylic acids is 1. The quantitative estimate of drug-likeness (QED) is 0.815. The predicted molar refractivity (Wildman–Crippen MR) is 86.5 cm³/mol. The zero-order chi connectivity index (χ0) is 15.2. The van der Waals surface area contributed by atoms with E-state index in [1.165, 1.54) is 0 Å². The van der Waals surface area contributed by atoms with Gasteiger partial charge < -0.3 is 5.11 Å². The molecule has 0 heterocycles. The minimum Gasteiger partial charge on any atom is -0.481 e. The van der Waals surface area contributed by atoms with Crippen LogP contribution in [0.1, 0.15) is 29.9 Å². The average molecular weight is 301 g/mol. The van der Waals surface area contributed by atoms with E-state index >= 15 is 0 Å². The van der Waals surface area contributed by atoms with Crippen LogP contribution in [0.2, 0.25) is 5.02 Å². The van der Waals surface area contributed by atoms with Crippen molar-refractivity contribution >= 4 is 23.1 Å². The molecule has 0 saturated carbocycles. The van der Waals surface area contributed by atoms with Crippen molar-refractivity contribution in [3.8, 4) is 0 Å². The summed E-state index contributed by atoms with van der Waals surface area (Å²) in [5, 5.41) is 9.78. The highest BCUT2D eigenvalue weighted by atomic mass is 35.5. The van der Waals surface area contributed by atoms with Crippen LogP contribution in [0, 0.1) is 0 Å². The summed E-state index contributed by atoms with van der Waals surface area (Å²) in [6, 6.07) is 17.2. The first-order valence-electron chi connectivity index (χ1n) is 6.76. The van der Waals surface area contributed by atoms with Crippen LogP contribution in [0.5, 0.6) is 0 Å². The van der Waals surface area contributed by atoms with E-state index in [1.54, 1.807) is 12.1 Å². The first-order valence-corrected chi connectivity index (χ1v) is 7.14. The molecule has 2 aromatic rings. The lowest BCUT2D eigenvalue weighted by molar-refractivity contribution is -0.137. The number of carbonyl (C=O) groups is 1. The van der Waals surface area contributed by atoms with E-state index in [1.807, 2.05) is 42.5 Å². The Bertz CT molecular complexity index is 617. The molecule has 2 nitrogen and oxygen atoms in total. The van der Waals surface area contributed by atoms with Gasteiger partial charge in [-0.3, -0.25) is 4.79 Å². The number of carboxylic acids is 1. The van der Waals surface area contributed by atoms with Gasteiger partial charge in [0.15, 0.2) is 0 Å². The van der Waals surface area contributed by atoms with E-state index < -0.39 is 5.97 Å². The maximum Gasteiger partial charge on any atom is 0.303 e. The fraction of sp³-hybridized carbons (Fsp3) is 0.167. The Labute approximate surface area is 129 Å². The Balaban J connectivity index is 2.18. The number of benzene rings is 2. The van der Waals surface area contributed by atoms with Gasteiger partial charge in [0.05, 0.1) is 6.42 Å². The van der Waals surface area contributed by atoms with E-state index in [9.17, 15) is 4.79 Å². The molecule has 0 amide bonds. The summed E-state index contributed by atoms with van der Waals surface area (Å²) in [6.45, 7) is 4.10. The van der Waals surface area contributed by atoms with Crippen molar-refractivity contribution in [2.45, 2.75) is 18.8 Å². The van der Waals surface area contributed by atoms with Gasteiger partial charge in [-0.2, -0.15) is 0 Å². The third-order valence-corrected chi connectivity index (χ3v) is 3.69. The molecule has 0 unspecified atom stereocenters. The summed E-state index contributed by atoms with van der Waals surface area (Å²) >= 11 is 5.89. The molecule has 1 atom stereocenters. The van der Waals surface area contributed by atoms with Crippen molar-refractivity contribution < 1.29 is 9.90 Å². The van der Waals surface area contributed by atoms with Crippen LogP contribution in [0.15, 0.2) is 61.2 Å². The lowest BCUT2D eigenvalue weighted by atomic mass is 9.87. The number of rotatable bonds is 6. The maximum absolute atomic E-state index is 11.1. The van der Waals surface area contributed by atoms with Crippen LogP contribution in [-0.2, 0) is 4.79 Å². The first kappa shape index (κ1) is 15.3. The van der Waals surface area contributed by atoms with E-state index in [4.69, 9.17) is 16.7 Å². The molecule has 2 aromatic carbocycles. The molecular weight excluding hydrogens is 284 g/mol. The molecular formula is C18H17ClO2. The monoisotopic (exact) mass is 300 g/mol. The fourth-order valence-corrected chi connectivity index (χ4v) is 2.47. The van der Waals surface area contributed by atoms with Gasteiger partial charge in [-0.05, 0) is 41.2 Å². The maximum atomic E-state index is 11.1. The Morgan fingerprint density at radius 1 is 1.05 bits per heavy atom. The number of halogens is 1. The standard InChI is InChI=1S/C18H17ClO2/c1-13(14-5-3-2-4-6-14)11-16(12-18(20)21)15-7-9-17(19)10-8-15/h2-10,16H,1,11-12H2,(H,20,21)/t16-/m1/s1. The van der Waals surface area contributed by atoms with Crippen molar-refractivity contribution in [1.29, 1.82) is 0 Å². The summed E-state index contributed by atoms with van der Waals surface area (Å²) in [5.41, 5.74) is 2.96. The van der Waals surface area contributed by atoms with Crippen LogP contribution in [0.25, 0.3) is 5.57 Å². The summed E-state index contributed by atoms with van der Waals surface area (Å²) in [5.74, 6) is -0.914. The zero-order valence-corrected chi connectivity index (χ0v) is 12.4. The number of hydrogen-bond acceptors (Lipinski definition) is 1. The van der Waals surface area contributed by atoms with Crippen LogP contribution in [-0.4, -0.2) is 11.1 Å². The van der Waals surface area contributed by atoms with E-state index in [2.05, 4.69) is 6.58 Å². The number of carboxylic acid groups (broad SMARTS) is 1. The van der Waals surface area contributed by atoms with Crippen LogP contribution in [0.4, 0.5) is 0 Å². The van der Waals surface area contributed by atoms with Gasteiger partial charge in [0, 0.05) is 5.02 Å². The molecule has 0 aliphatic rings. The Hall–Kier alpha value is -2.06. The van der Waals surface area contributed by atoms with Gasteiger partial charge in [-0.25, -0.2) is 0 Å². The second-order valence-electron chi connectivity index (χ2n) is 5.02. The summed E-state index contributed by atoms with van der Waals surface area (Å²) in [4.78, 5) is 11.1. The van der Waals surface area contributed by atoms with Crippen LogP contribution < -0.4 is 0 Å². The third kappa shape index (κ3) is 4.47. The predicted octanol–water partition coefficient (Wildman–Crippen LogP) is 5.00. The normalized spacial score (nSPS) is 11.9. The molecule has 3 heteroatoms. The van der Waals surface area contributed by atoms with Crippen LogP contribution in [0.3, 0.4) is 0 Å². The van der Waals surface area contributed by atoms with Crippen molar-refractivity contribution in [3.63, 3.8) is 0 Å².